The van der Waals surface area contributed by atoms with E-state index in [9.17, 15) is 12.8 Å². The predicted octanol–water partition coefficient (Wildman–Crippen LogP) is 6.03. The SMILES string of the molecule is O=S(=O)(Nc1cccc(CNCCCCc2noc3cc(F)ccc23)c1)c1cccc2ccccc12. The van der Waals surface area contributed by atoms with Crippen molar-refractivity contribution in [2.45, 2.75) is 30.7 Å². The molecule has 0 fully saturated rings. The van der Waals surface area contributed by atoms with Crippen molar-refractivity contribution in [3.05, 3.63) is 102 Å². The maximum absolute atomic E-state index is 13.3. The smallest absolute Gasteiger partial charge is 0.262 e. The summed E-state index contributed by atoms with van der Waals surface area (Å²) < 4.78 is 47.4. The van der Waals surface area contributed by atoms with Crippen molar-refractivity contribution in [2.75, 3.05) is 11.3 Å². The highest BCUT2D eigenvalue weighted by Crippen LogP contribution is 2.25. The third kappa shape index (κ3) is 5.40. The molecule has 0 aliphatic heterocycles. The zero-order valence-electron chi connectivity index (χ0n) is 19.6. The van der Waals surface area contributed by atoms with Gasteiger partial charge in [0, 0.05) is 29.1 Å². The molecule has 0 saturated heterocycles. The maximum Gasteiger partial charge on any atom is 0.262 e. The molecule has 36 heavy (non-hydrogen) atoms. The second-order valence-corrected chi connectivity index (χ2v) is 10.3. The third-order valence-electron chi connectivity index (χ3n) is 6.07. The summed E-state index contributed by atoms with van der Waals surface area (Å²) in [5.41, 5.74) is 2.82. The van der Waals surface area contributed by atoms with Crippen LogP contribution in [0.5, 0.6) is 0 Å². The van der Waals surface area contributed by atoms with Crippen molar-refractivity contribution < 1.29 is 17.3 Å². The van der Waals surface area contributed by atoms with Crippen LogP contribution in [0.15, 0.2) is 94.3 Å². The highest BCUT2D eigenvalue weighted by atomic mass is 32.2. The Morgan fingerprint density at radius 2 is 1.69 bits per heavy atom. The van der Waals surface area contributed by atoms with Gasteiger partial charge in [-0.25, -0.2) is 12.8 Å². The molecular formula is C28H26FN3O3S. The second-order valence-electron chi connectivity index (χ2n) is 8.69. The van der Waals surface area contributed by atoms with Crippen LogP contribution in [0.4, 0.5) is 10.1 Å². The average Bonchev–Trinajstić information content (AvgIpc) is 3.27. The number of aryl methyl sites for hydroxylation is 1. The van der Waals surface area contributed by atoms with Crippen LogP contribution in [0.3, 0.4) is 0 Å². The molecule has 5 rings (SSSR count). The van der Waals surface area contributed by atoms with E-state index in [1.54, 1.807) is 24.3 Å². The van der Waals surface area contributed by atoms with Gasteiger partial charge in [0.1, 0.15) is 5.82 Å². The molecule has 0 unspecified atom stereocenters. The summed E-state index contributed by atoms with van der Waals surface area (Å²) in [4.78, 5) is 0.258. The number of rotatable bonds is 10. The minimum atomic E-state index is -3.73. The molecule has 0 atom stereocenters. The van der Waals surface area contributed by atoms with Crippen LogP contribution < -0.4 is 10.0 Å². The molecule has 0 saturated carbocycles. The molecule has 1 heterocycles. The molecule has 2 N–H and O–H groups in total. The minimum Gasteiger partial charge on any atom is -0.356 e. The standard InChI is InChI=1S/C28H26FN3O3S/c29-22-14-15-25-26(31-35-27(25)18-22)12-3-4-16-30-19-20-7-5-10-23(17-20)32-36(33,34)28-13-6-9-21-8-1-2-11-24(21)28/h1-2,5-11,13-15,17-18,30,32H,3-4,12,16,19H2. The first-order valence-corrected chi connectivity index (χ1v) is 13.3. The van der Waals surface area contributed by atoms with Crippen molar-refractivity contribution in [3.8, 4) is 0 Å². The van der Waals surface area contributed by atoms with Gasteiger partial charge in [0.05, 0.1) is 10.6 Å². The van der Waals surface area contributed by atoms with Crippen LogP contribution in [-0.4, -0.2) is 20.1 Å². The minimum absolute atomic E-state index is 0.258. The van der Waals surface area contributed by atoms with Crippen LogP contribution in [0.2, 0.25) is 0 Å². The number of fused-ring (bicyclic) bond motifs is 2. The molecule has 0 bridgehead atoms. The Morgan fingerprint density at radius 3 is 2.61 bits per heavy atom. The van der Waals surface area contributed by atoms with Crippen molar-refractivity contribution >= 4 is 37.5 Å². The van der Waals surface area contributed by atoms with Crippen LogP contribution in [0, 0.1) is 5.82 Å². The molecule has 8 heteroatoms. The van der Waals surface area contributed by atoms with E-state index < -0.39 is 10.0 Å². The monoisotopic (exact) mass is 503 g/mol. The summed E-state index contributed by atoms with van der Waals surface area (Å²) >= 11 is 0. The fourth-order valence-electron chi connectivity index (χ4n) is 4.30. The van der Waals surface area contributed by atoms with E-state index in [0.717, 1.165) is 47.8 Å². The number of anilines is 1. The first-order valence-electron chi connectivity index (χ1n) is 11.8. The number of sulfonamides is 1. The van der Waals surface area contributed by atoms with Gasteiger partial charge in [0.2, 0.25) is 0 Å². The molecule has 0 aliphatic rings. The fourth-order valence-corrected chi connectivity index (χ4v) is 5.58. The van der Waals surface area contributed by atoms with E-state index in [1.807, 2.05) is 48.5 Å². The largest absolute Gasteiger partial charge is 0.356 e. The number of nitrogens with zero attached hydrogens (tertiary/aromatic N) is 1. The van der Waals surface area contributed by atoms with Crippen molar-refractivity contribution in [2.24, 2.45) is 0 Å². The number of unbranched alkanes of at least 4 members (excludes halogenated alkanes) is 1. The van der Waals surface area contributed by atoms with Crippen molar-refractivity contribution in [1.29, 1.82) is 0 Å². The molecular weight excluding hydrogens is 477 g/mol. The summed E-state index contributed by atoms with van der Waals surface area (Å²) in [6.45, 7) is 1.42. The quantitative estimate of drug-likeness (QED) is 0.227. The van der Waals surface area contributed by atoms with Crippen LogP contribution >= 0.6 is 0 Å². The Labute approximate surface area is 209 Å². The summed E-state index contributed by atoms with van der Waals surface area (Å²) in [7, 11) is -3.73. The summed E-state index contributed by atoms with van der Waals surface area (Å²) in [5, 5.41) is 9.89. The van der Waals surface area contributed by atoms with Gasteiger partial charge in [-0.1, -0.05) is 53.7 Å². The lowest BCUT2D eigenvalue weighted by molar-refractivity contribution is 0.442. The topological polar surface area (TPSA) is 84.2 Å². The summed E-state index contributed by atoms with van der Waals surface area (Å²) in [6, 6.07) is 24.6. The first-order chi connectivity index (χ1) is 17.5. The molecule has 1 aromatic heterocycles. The highest BCUT2D eigenvalue weighted by Gasteiger charge is 2.17. The molecule has 4 aromatic carbocycles. The maximum atomic E-state index is 13.3. The zero-order valence-corrected chi connectivity index (χ0v) is 20.4. The van der Waals surface area contributed by atoms with Crippen LogP contribution in [-0.2, 0) is 23.0 Å². The lowest BCUT2D eigenvalue weighted by Gasteiger charge is -2.12. The fraction of sp³-hybridized carbons (Fsp3) is 0.179. The van der Waals surface area contributed by atoms with Gasteiger partial charge in [-0.05, 0) is 67.1 Å². The molecule has 0 radical (unpaired) electrons. The van der Waals surface area contributed by atoms with Gasteiger partial charge < -0.3 is 9.84 Å². The van der Waals surface area contributed by atoms with Gasteiger partial charge in [-0.3, -0.25) is 4.72 Å². The Balaban J connectivity index is 1.14. The van der Waals surface area contributed by atoms with Crippen molar-refractivity contribution in [1.82, 2.24) is 10.5 Å². The second kappa shape index (κ2) is 10.5. The van der Waals surface area contributed by atoms with Gasteiger partial charge in [0.25, 0.3) is 10.0 Å². The lowest BCUT2D eigenvalue weighted by Crippen LogP contribution is -2.16. The van der Waals surface area contributed by atoms with E-state index >= 15 is 0 Å². The van der Waals surface area contributed by atoms with E-state index in [1.165, 1.54) is 12.1 Å². The van der Waals surface area contributed by atoms with E-state index in [2.05, 4.69) is 15.2 Å². The van der Waals surface area contributed by atoms with Gasteiger partial charge in [0.15, 0.2) is 5.58 Å². The predicted molar refractivity (Wildman–Crippen MR) is 140 cm³/mol. The molecule has 0 amide bonds. The Bertz CT molecular complexity index is 1610. The number of aromatic nitrogens is 1. The van der Waals surface area contributed by atoms with Crippen LogP contribution in [0.25, 0.3) is 21.7 Å². The number of hydrogen-bond donors (Lipinski definition) is 2. The lowest BCUT2D eigenvalue weighted by atomic mass is 10.1. The molecule has 6 nitrogen and oxygen atoms in total. The van der Waals surface area contributed by atoms with E-state index in [0.29, 0.717) is 23.2 Å². The third-order valence-corrected chi connectivity index (χ3v) is 7.51. The number of benzene rings is 4. The summed E-state index contributed by atoms with van der Waals surface area (Å²) in [5.74, 6) is -0.333. The Hall–Kier alpha value is -3.75. The molecule has 0 spiro atoms. The first kappa shape index (κ1) is 24.0. The van der Waals surface area contributed by atoms with Gasteiger partial charge in [-0.2, -0.15) is 0 Å². The van der Waals surface area contributed by atoms with E-state index in [4.69, 9.17) is 4.52 Å². The van der Waals surface area contributed by atoms with Gasteiger partial charge in [-0.15, -0.1) is 0 Å². The van der Waals surface area contributed by atoms with E-state index in [-0.39, 0.29) is 10.7 Å². The van der Waals surface area contributed by atoms with Crippen molar-refractivity contribution in [3.63, 3.8) is 0 Å². The summed E-state index contributed by atoms with van der Waals surface area (Å²) in [6.07, 6.45) is 2.60. The number of nitrogens with one attached hydrogen (secondary N) is 2. The number of hydrogen-bond acceptors (Lipinski definition) is 5. The van der Waals surface area contributed by atoms with Crippen LogP contribution in [0.1, 0.15) is 24.1 Å². The highest BCUT2D eigenvalue weighted by molar-refractivity contribution is 7.93. The molecule has 0 aliphatic carbocycles. The average molecular weight is 504 g/mol. The molecule has 5 aromatic rings. The zero-order chi connectivity index (χ0) is 25.0. The normalized spacial score (nSPS) is 11.8. The Morgan fingerprint density at radius 1 is 0.861 bits per heavy atom. The number of halogens is 1. The molecule has 184 valence electrons. The Kier molecular flexibility index (Phi) is 6.97. The van der Waals surface area contributed by atoms with Gasteiger partial charge >= 0.3 is 0 Å².